The van der Waals surface area contributed by atoms with Crippen molar-refractivity contribution in [1.82, 2.24) is 4.98 Å². The SMILES string of the molecule is CC(C)c1ccccc1NC(=O)Cc1csc(Nc2ccccc2)n1. The molecule has 1 heterocycles. The fraction of sp³-hybridized carbons (Fsp3) is 0.200. The lowest BCUT2D eigenvalue weighted by Gasteiger charge is -2.13. The Labute approximate surface area is 151 Å². The van der Waals surface area contributed by atoms with Crippen LogP contribution in [0.2, 0.25) is 0 Å². The Morgan fingerprint density at radius 3 is 2.56 bits per heavy atom. The van der Waals surface area contributed by atoms with Crippen LogP contribution in [0.15, 0.2) is 60.0 Å². The third kappa shape index (κ3) is 4.67. The summed E-state index contributed by atoms with van der Waals surface area (Å²) >= 11 is 1.50. The fourth-order valence-corrected chi connectivity index (χ4v) is 3.29. The van der Waals surface area contributed by atoms with Gasteiger partial charge >= 0.3 is 0 Å². The standard InChI is InChI=1S/C20H21N3OS/c1-14(2)17-10-6-7-11-18(17)23-19(24)12-16-13-25-20(22-16)21-15-8-4-3-5-9-15/h3-11,13-14H,12H2,1-2H3,(H,21,22)(H,23,24). The minimum absolute atomic E-state index is 0.0512. The lowest BCUT2D eigenvalue weighted by molar-refractivity contribution is -0.115. The zero-order valence-electron chi connectivity index (χ0n) is 14.3. The number of amides is 1. The second-order valence-corrected chi connectivity index (χ2v) is 6.96. The highest BCUT2D eigenvalue weighted by Crippen LogP contribution is 2.24. The van der Waals surface area contributed by atoms with Crippen LogP contribution in [0.25, 0.3) is 0 Å². The van der Waals surface area contributed by atoms with Gasteiger partial charge in [0, 0.05) is 16.8 Å². The molecule has 0 saturated carbocycles. The molecule has 0 saturated heterocycles. The van der Waals surface area contributed by atoms with Crippen LogP contribution in [0.4, 0.5) is 16.5 Å². The van der Waals surface area contributed by atoms with Gasteiger partial charge in [-0.05, 0) is 29.7 Å². The minimum atomic E-state index is -0.0512. The quantitative estimate of drug-likeness (QED) is 0.642. The van der Waals surface area contributed by atoms with E-state index in [0.29, 0.717) is 5.92 Å². The van der Waals surface area contributed by atoms with Gasteiger partial charge in [-0.25, -0.2) is 4.98 Å². The van der Waals surface area contributed by atoms with Crippen molar-refractivity contribution < 1.29 is 4.79 Å². The van der Waals surface area contributed by atoms with E-state index in [1.807, 2.05) is 60.0 Å². The summed E-state index contributed by atoms with van der Waals surface area (Å²) in [5.41, 5.74) is 3.77. The molecule has 128 valence electrons. The molecule has 5 heteroatoms. The van der Waals surface area contributed by atoms with Crippen LogP contribution in [-0.4, -0.2) is 10.9 Å². The number of thiazole rings is 1. The number of hydrogen-bond acceptors (Lipinski definition) is 4. The number of para-hydroxylation sites is 2. The number of benzene rings is 2. The van der Waals surface area contributed by atoms with Gasteiger partial charge in [0.1, 0.15) is 0 Å². The molecular weight excluding hydrogens is 330 g/mol. The van der Waals surface area contributed by atoms with Crippen LogP contribution in [0, 0.1) is 0 Å². The molecule has 0 radical (unpaired) electrons. The minimum Gasteiger partial charge on any atom is -0.332 e. The number of carbonyl (C=O) groups excluding carboxylic acids is 1. The van der Waals surface area contributed by atoms with Crippen molar-refractivity contribution in [3.8, 4) is 0 Å². The highest BCUT2D eigenvalue weighted by atomic mass is 32.1. The zero-order valence-corrected chi connectivity index (χ0v) is 15.1. The largest absolute Gasteiger partial charge is 0.332 e. The first-order chi connectivity index (χ1) is 12.1. The van der Waals surface area contributed by atoms with Gasteiger partial charge in [0.2, 0.25) is 5.91 Å². The van der Waals surface area contributed by atoms with Crippen molar-refractivity contribution in [2.45, 2.75) is 26.2 Å². The molecule has 0 atom stereocenters. The van der Waals surface area contributed by atoms with Crippen LogP contribution < -0.4 is 10.6 Å². The monoisotopic (exact) mass is 351 g/mol. The smallest absolute Gasteiger partial charge is 0.230 e. The molecule has 4 nitrogen and oxygen atoms in total. The molecule has 1 aromatic heterocycles. The number of anilines is 3. The van der Waals surface area contributed by atoms with Crippen molar-refractivity contribution in [2.75, 3.05) is 10.6 Å². The van der Waals surface area contributed by atoms with E-state index in [4.69, 9.17) is 0 Å². The zero-order chi connectivity index (χ0) is 17.6. The van der Waals surface area contributed by atoms with E-state index >= 15 is 0 Å². The van der Waals surface area contributed by atoms with Crippen molar-refractivity contribution in [1.29, 1.82) is 0 Å². The van der Waals surface area contributed by atoms with Gasteiger partial charge in [0.15, 0.2) is 5.13 Å². The van der Waals surface area contributed by atoms with E-state index < -0.39 is 0 Å². The average molecular weight is 351 g/mol. The van der Waals surface area contributed by atoms with Gasteiger partial charge in [-0.15, -0.1) is 11.3 Å². The molecule has 0 fully saturated rings. The van der Waals surface area contributed by atoms with E-state index in [2.05, 4.69) is 29.5 Å². The predicted molar refractivity (Wildman–Crippen MR) is 105 cm³/mol. The number of aromatic nitrogens is 1. The Morgan fingerprint density at radius 2 is 1.80 bits per heavy atom. The average Bonchev–Trinajstić information content (AvgIpc) is 3.02. The number of hydrogen-bond donors (Lipinski definition) is 2. The third-order valence-corrected chi connectivity index (χ3v) is 4.58. The van der Waals surface area contributed by atoms with Gasteiger partial charge < -0.3 is 10.6 Å². The normalized spacial score (nSPS) is 10.7. The van der Waals surface area contributed by atoms with E-state index in [9.17, 15) is 4.79 Å². The summed E-state index contributed by atoms with van der Waals surface area (Å²) in [6, 6.07) is 17.8. The first kappa shape index (κ1) is 17.2. The molecule has 2 aromatic carbocycles. The fourth-order valence-electron chi connectivity index (χ4n) is 2.56. The van der Waals surface area contributed by atoms with Gasteiger partial charge in [-0.1, -0.05) is 50.2 Å². The predicted octanol–water partition coefficient (Wildman–Crippen LogP) is 5.19. The highest BCUT2D eigenvalue weighted by molar-refractivity contribution is 7.13. The maximum absolute atomic E-state index is 12.4. The lowest BCUT2D eigenvalue weighted by Crippen LogP contribution is -2.16. The van der Waals surface area contributed by atoms with Crippen molar-refractivity contribution in [3.05, 3.63) is 71.2 Å². The van der Waals surface area contributed by atoms with Crippen LogP contribution in [-0.2, 0) is 11.2 Å². The van der Waals surface area contributed by atoms with E-state index in [0.717, 1.165) is 27.8 Å². The summed E-state index contributed by atoms with van der Waals surface area (Å²) in [6.07, 6.45) is 0.263. The van der Waals surface area contributed by atoms with Crippen molar-refractivity contribution >= 4 is 33.8 Å². The molecule has 2 N–H and O–H groups in total. The molecule has 25 heavy (non-hydrogen) atoms. The molecule has 1 amide bonds. The Bertz CT molecular complexity index is 843. The molecule has 0 aliphatic rings. The molecule has 3 aromatic rings. The Morgan fingerprint density at radius 1 is 1.08 bits per heavy atom. The lowest BCUT2D eigenvalue weighted by atomic mass is 10.0. The molecular formula is C20H21N3OS. The molecule has 3 rings (SSSR count). The Balaban J connectivity index is 1.62. The van der Waals surface area contributed by atoms with Crippen molar-refractivity contribution in [2.24, 2.45) is 0 Å². The van der Waals surface area contributed by atoms with Crippen LogP contribution >= 0.6 is 11.3 Å². The Hall–Kier alpha value is -2.66. The van der Waals surface area contributed by atoms with Gasteiger partial charge in [-0.2, -0.15) is 0 Å². The summed E-state index contributed by atoms with van der Waals surface area (Å²) in [4.78, 5) is 16.8. The van der Waals surface area contributed by atoms with E-state index in [-0.39, 0.29) is 12.3 Å². The van der Waals surface area contributed by atoms with Crippen LogP contribution in [0.5, 0.6) is 0 Å². The molecule has 0 spiro atoms. The number of nitrogens with one attached hydrogen (secondary N) is 2. The summed E-state index contributed by atoms with van der Waals surface area (Å²) < 4.78 is 0. The molecule has 0 aliphatic carbocycles. The summed E-state index contributed by atoms with van der Waals surface area (Å²) in [5, 5.41) is 8.96. The van der Waals surface area contributed by atoms with Crippen LogP contribution in [0.1, 0.15) is 31.0 Å². The maximum Gasteiger partial charge on any atom is 0.230 e. The molecule has 0 aliphatic heterocycles. The second-order valence-electron chi connectivity index (χ2n) is 6.10. The molecule has 0 unspecified atom stereocenters. The maximum atomic E-state index is 12.4. The van der Waals surface area contributed by atoms with Gasteiger partial charge in [0.05, 0.1) is 12.1 Å². The number of rotatable bonds is 6. The van der Waals surface area contributed by atoms with E-state index in [1.165, 1.54) is 11.3 Å². The second kappa shape index (κ2) is 7.94. The molecule has 0 bridgehead atoms. The first-order valence-electron chi connectivity index (χ1n) is 8.27. The summed E-state index contributed by atoms with van der Waals surface area (Å²) in [7, 11) is 0. The van der Waals surface area contributed by atoms with Crippen molar-refractivity contribution in [3.63, 3.8) is 0 Å². The number of carbonyl (C=O) groups is 1. The van der Waals surface area contributed by atoms with Crippen LogP contribution in [0.3, 0.4) is 0 Å². The summed E-state index contributed by atoms with van der Waals surface area (Å²) in [5.74, 6) is 0.308. The number of nitrogens with zero attached hydrogens (tertiary/aromatic N) is 1. The third-order valence-electron chi connectivity index (χ3n) is 3.78. The summed E-state index contributed by atoms with van der Waals surface area (Å²) in [6.45, 7) is 4.24. The highest BCUT2D eigenvalue weighted by Gasteiger charge is 2.11. The topological polar surface area (TPSA) is 54.0 Å². The van der Waals surface area contributed by atoms with Gasteiger partial charge in [-0.3, -0.25) is 4.79 Å². The van der Waals surface area contributed by atoms with E-state index in [1.54, 1.807) is 0 Å². The first-order valence-corrected chi connectivity index (χ1v) is 9.15. The Kier molecular flexibility index (Phi) is 5.46. The van der Waals surface area contributed by atoms with Gasteiger partial charge in [0.25, 0.3) is 0 Å².